The van der Waals surface area contributed by atoms with Gasteiger partial charge in [-0.2, -0.15) is 8.42 Å². The fourth-order valence-electron chi connectivity index (χ4n) is 2.28. The fraction of sp³-hybridized carbons (Fsp3) is 0.250. The summed E-state index contributed by atoms with van der Waals surface area (Å²) < 4.78 is 32.1. The molecular formula is C16H19N3O5S. The third-order valence-electron chi connectivity index (χ3n) is 3.37. The second-order valence-electron chi connectivity index (χ2n) is 5.07. The SMILES string of the molecule is O=S(=O)(O)c1ccccc1N=Nc1ccccc1N(CCO)CCO. The number of aliphatic hydroxyl groups is 2. The Morgan fingerprint density at radius 3 is 1.96 bits per heavy atom. The maximum absolute atomic E-state index is 11.4. The van der Waals surface area contributed by atoms with Gasteiger partial charge in [0.1, 0.15) is 16.3 Å². The van der Waals surface area contributed by atoms with Crippen LogP contribution in [0.25, 0.3) is 0 Å². The molecule has 0 aliphatic rings. The average Bonchev–Trinajstić information content (AvgIpc) is 2.59. The first-order valence-corrected chi connectivity index (χ1v) is 8.95. The van der Waals surface area contributed by atoms with Gasteiger partial charge in [0.25, 0.3) is 10.1 Å². The Hall–Kier alpha value is -2.33. The van der Waals surface area contributed by atoms with Crippen molar-refractivity contribution in [1.82, 2.24) is 0 Å². The van der Waals surface area contributed by atoms with Crippen molar-refractivity contribution in [2.45, 2.75) is 4.90 Å². The molecule has 2 aromatic carbocycles. The highest BCUT2D eigenvalue weighted by Gasteiger charge is 2.15. The summed E-state index contributed by atoms with van der Waals surface area (Å²) >= 11 is 0. The van der Waals surface area contributed by atoms with E-state index in [2.05, 4.69) is 10.2 Å². The zero-order chi connectivity index (χ0) is 18.3. The zero-order valence-corrected chi connectivity index (χ0v) is 14.2. The maximum atomic E-state index is 11.4. The predicted octanol–water partition coefficient (Wildman–Crippen LogP) is 2.14. The highest BCUT2D eigenvalue weighted by atomic mass is 32.2. The molecule has 0 atom stereocenters. The van der Waals surface area contributed by atoms with Gasteiger partial charge in [0.15, 0.2) is 0 Å². The fourth-order valence-corrected chi connectivity index (χ4v) is 2.90. The van der Waals surface area contributed by atoms with Gasteiger partial charge in [0, 0.05) is 13.1 Å². The average molecular weight is 365 g/mol. The maximum Gasteiger partial charge on any atom is 0.296 e. The first-order chi connectivity index (χ1) is 12.0. The van der Waals surface area contributed by atoms with Crippen molar-refractivity contribution in [2.24, 2.45) is 10.2 Å². The molecule has 8 nitrogen and oxygen atoms in total. The molecule has 0 aliphatic carbocycles. The highest BCUT2D eigenvalue weighted by molar-refractivity contribution is 7.86. The Morgan fingerprint density at radius 1 is 0.840 bits per heavy atom. The minimum absolute atomic E-state index is 0.00988. The van der Waals surface area contributed by atoms with E-state index in [1.54, 1.807) is 35.2 Å². The van der Waals surface area contributed by atoms with Crippen LogP contribution < -0.4 is 4.90 Å². The molecule has 0 radical (unpaired) electrons. The molecule has 25 heavy (non-hydrogen) atoms. The van der Waals surface area contributed by atoms with Gasteiger partial charge in [-0.25, -0.2) is 0 Å². The minimum Gasteiger partial charge on any atom is -0.395 e. The normalized spacial score (nSPS) is 11.8. The predicted molar refractivity (Wildman–Crippen MR) is 93.3 cm³/mol. The topological polar surface area (TPSA) is 123 Å². The molecule has 0 saturated carbocycles. The van der Waals surface area contributed by atoms with Crippen LogP contribution in [0.4, 0.5) is 17.1 Å². The van der Waals surface area contributed by atoms with Gasteiger partial charge >= 0.3 is 0 Å². The summed E-state index contributed by atoms with van der Waals surface area (Å²) in [4.78, 5) is 1.40. The standard InChI is InChI=1S/C16H19N3O5S/c20-11-9-19(10-12-21)15-7-3-1-5-13(15)17-18-14-6-2-4-8-16(14)25(22,23)24/h1-8,20-21H,9-12H2,(H,22,23,24). The number of hydrogen-bond acceptors (Lipinski definition) is 7. The minimum atomic E-state index is -4.41. The summed E-state index contributed by atoms with van der Waals surface area (Å²) in [6.07, 6.45) is 0. The van der Waals surface area contributed by atoms with Crippen LogP contribution in [0.15, 0.2) is 63.7 Å². The highest BCUT2D eigenvalue weighted by Crippen LogP contribution is 2.31. The third kappa shape index (κ3) is 5.07. The van der Waals surface area contributed by atoms with E-state index in [0.717, 1.165) is 0 Å². The first-order valence-electron chi connectivity index (χ1n) is 7.51. The second kappa shape index (κ2) is 8.67. The van der Waals surface area contributed by atoms with Crippen molar-refractivity contribution < 1.29 is 23.2 Å². The van der Waals surface area contributed by atoms with Gasteiger partial charge < -0.3 is 15.1 Å². The Balaban J connectivity index is 2.40. The largest absolute Gasteiger partial charge is 0.395 e. The van der Waals surface area contributed by atoms with E-state index < -0.39 is 10.1 Å². The molecule has 0 spiro atoms. The smallest absolute Gasteiger partial charge is 0.296 e. The van der Waals surface area contributed by atoms with Crippen LogP contribution >= 0.6 is 0 Å². The first kappa shape index (κ1) is 19.0. The van der Waals surface area contributed by atoms with E-state index in [1.165, 1.54) is 18.2 Å². The molecule has 0 fully saturated rings. The molecule has 3 N–H and O–H groups in total. The van der Waals surface area contributed by atoms with Crippen molar-refractivity contribution in [2.75, 3.05) is 31.2 Å². The van der Waals surface area contributed by atoms with E-state index in [9.17, 15) is 23.2 Å². The van der Waals surface area contributed by atoms with E-state index in [1.807, 2.05) is 0 Å². The number of azo groups is 1. The molecule has 0 bridgehead atoms. The van der Waals surface area contributed by atoms with Crippen molar-refractivity contribution in [3.05, 3.63) is 48.5 Å². The second-order valence-corrected chi connectivity index (χ2v) is 6.46. The number of aliphatic hydroxyl groups excluding tert-OH is 2. The van der Waals surface area contributed by atoms with Crippen LogP contribution in [0.5, 0.6) is 0 Å². The van der Waals surface area contributed by atoms with Crippen LogP contribution in [0.3, 0.4) is 0 Å². The van der Waals surface area contributed by atoms with Gasteiger partial charge in [0.2, 0.25) is 0 Å². The van der Waals surface area contributed by atoms with E-state index >= 15 is 0 Å². The lowest BCUT2D eigenvalue weighted by atomic mass is 10.2. The van der Waals surface area contributed by atoms with E-state index in [4.69, 9.17) is 0 Å². The Bertz CT molecular complexity index is 833. The molecular weight excluding hydrogens is 346 g/mol. The van der Waals surface area contributed by atoms with Crippen LogP contribution in [0.2, 0.25) is 0 Å². The number of benzene rings is 2. The van der Waals surface area contributed by atoms with Crippen molar-refractivity contribution >= 4 is 27.2 Å². The number of nitrogens with zero attached hydrogens (tertiary/aromatic N) is 3. The lowest BCUT2D eigenvalue weighted by Crippen LogP contribution is -2.29. The summed E-state index contributed by atoms with van der Waals surface area (Å²) in [5.41, 5.74) is 1.09. The summed E-state index contributed by atoms with van der Waals surface area (Å²) in [7, 11) is -4.41. The van der Waals surface area contributed by atoms with Gasteiger partial charge in [0.05, 0.1) is 18.9 Å². The van der Waals surface area contributed by atoms with E-state index in [0.29, 0.717) is 24.5 Å². The number of para-hydroxylation sites is 1. The van der Waals surface area contributed by atoms with Crippen LogP contribution in [0.1, 0.15) is 0 Å². The lowest BCUT2D eigenvalue weighted by molar-refractivity contribution is 0.281. The van der Waals surface area contributed by atoms with Crippen molar-refractivity contribution in [1.29, 1.82) is 0 Å². The molecule has 2 aromatic rings. The van der Waals surface area contributed by atoms with E-state index in [-0.39, 0.29) is 23.8 Å². The Morgan fingerprint density at radius 2 is 1.36 bits per heavy atom. The summed E-state index contributed by atoms with van der Waals surface area (Å²) in [5.74, 6) is 0. The molecule has 0 heterocycles. The monoisotopic (exact) mass is 365 g/mol. The van der Waals surface area contributed by atoms with Crippen molar-refractivity contribution in [3.63, 3.8) is 0 Å². The molecule has 0 aliphatic heterocycles. The lowest BCUT2D eigenvalue weighted by Gasteiger charge is -2.23. The molecule has 9 heteroatoms. The van der Waals surface area contributed by atoms with Gasteiger partial charge in [-0.05, 0) is 24.3 Å². The number of rotatable bonds is 8. The molecule has 134 valence electrons. The zero-order valence-electron chi connectivity index (χ0n) is 13.4. The number of hydrogen-bond donors (Lipinski definition) is 3. The molecule has 0 unspecified atom stereocenters. The third-order valence-corrected chi connectivity index (χ3v) is 4.27. The van der Waals surface area contributed by atoms with Crippen LogP contribution in [0, 0.1) is 0 Å². The number of anilines is 1. The summed E-state index contributed by atoms with van der Waals surface area (Å²) in [6, 6.07) is 12.7. The Labute approximate surface area is 145 Å². The molecule has 0 saturated heterocycles. The Kier molecular flexibility index (Phi) is 6.59. The van der Waals surface area contributed by atoms with Crippen LogP contribution in [-0.4, -0.2) is 49.5 Å². The quantitative estimate of drug-likeness (QED) is 0.486. The van der Waals surface area contributed by atoms with Gasteiger partial charge in [-0.3, -0.25) is 4.55 Å². The molecule has 0 aromatic heterocycles. The van der Waals surface area contributed by atoms with Crippen LogP contribution in [-0.2, 0) is 10.1 Å². The molecule has 0 amide bonds. The summed E-state index contributed by atoms with van der Waals surface area (Å²) in [6.45, 7) is 0.400. The summed E-state index contributed by atoms with van der Waals surface area (Å²) in [5, 5.41) is 26.4. The molecule has 2 rings (SSSR count). The van der Waals surface area contributed by atoms with Crippen molar-refractivity contribution in [3.8, 4) is 0 Å². The van der Waals surface area contributed by atoms with Gasteiger partial charge in [-0.1, -0.05) is 24.3 Å². The van der Waals surface area contributed by atoms with Gasteiger partial charge in [-0.15, -0.1) is 10.2 Å².